The minimum Gasteiger partial charge on any atom is -0.435 e. The maximum absolute atomic E-state index is 13.8. The predicted octanol–water partition coefficient (Wildman–Crippen LogP) is 2.93. The summed E-state index contributed by atoms with van der Waals surface area (Å²) < 4.78 is 82.0. The zero-order valence-corrected chi connectivity index (χ0v) is 15.5. The maximum atomic E-state index is 13.8. The molecule has 12 heteroatoms. The normalized spacial score (nSPS) is 11.5. The summed E-state index contributed by atoms with van der Waals surface area (Å²) in [6, 6.07) is 6.32. The van der Waals surface area contributed by atoms with Gasteiger partial charge in [-0.05, 0) is 18.2 Å². The number of rotatable bonds is 8. The fourth-order valence-electron chi connectivity index (χ4n) is 2.11. The number of ether oxygens (including phenoxy) is 1. The van der Waals surface area contributed by atoms with Gasteiger partial charge in [0.2, 0.25) is 10.0 Å². The molecule has 0 aliphatic rings. The number of halogens is 5. The van der Waals surface area contributed by atoms with E-state index in [4.69, 9.17) is 11.6 Å². The van der Waals surface area contributed by atoms with Crippen molar-refractivity contribution in [2.24, 2.45) is 0 Å². The Hall–Kier alpha value is -2.37. The van der Waals surface area contributed by atoms with Crippen LogP contribution in [0, 0.1) is 11.6 Å². The lowest BCUT2D eigenvalue weighted by Gasteiger charge is -2.11. The second-order valence-electron chi connectivity index (χ2n) is 5.25. The summed E-state index contributed by atoms with van der Waals surface area (Å²) in [5.41, 5.74) is -1.01. The van der Waals surface area contributed by atoms with Gasteiger partial charge >= 0.3 is 6.61 Å². The topological polar surface area (TPSA) is 84.5 Å². The molecule has 0 heterocycles. The maximum Gasteiger partial charge on any atom is 0.387 e. The number of alkyl halides is 2. The minimum atomic E-state index is -3.90. The van der Waals surface area contributed by atoms with E-state index in [1.807, 2.05) is 0 Å². The van der Waals surface area contributed by atoms with Crippen LogP contribution in [0.3, 0.4) is 0 Å². The smallest absolute Gasteiger partial charge is 0.387 e. The molecule has 1 amide bonds. The molecule has 0 aliphatic heterocycles. The molecule has 152 valence electrons. The fourth-order valence-corrected chi connectivity index (χ4v) is 3.44. The zero-order chi connectivity index (χ0) is 20.9. The molecule has 2 aromatic rings. The van der Waals surface area contributed by atoms with Gasteiger partial charge in [-0.25, -0.2) is 21.9 Å². The highest BCUT2D eigenvalue weighted by atomic mass is 35.5. The van der Waals surface area contributed by atoms with Gasteiger partial charge in [0.15, 0.2) is 0 Å². The van der Waals surface area contributed by atoms with Crippen molar-refractivity contribution in [1.82, 2.24) is 10.0 Å². The van der Waals surface area contributed by atoms with Crippen LogP contribution in [0.1, 0.15) is 10.4 Å². The number of benzene rings is 2. The average molecular weight is 441 g/mol. The summed E-state index contributed by atoms with van der Waals surface area (Å²) in [5, 5.41) is 2.33. The summed E-state index contributed by atoms with van der Waals surface area (Å²) in [6.45, 7) is -3.87. The monoisotopic (exact) mass is 440 g/mol. The number of hydrogen-bond donors (Lipinski definition) is 2. The molecule has 0 atom stereocenters. The number of carbonyl (C=O) groups is 1. The standard InChI is InChI=1S/C16H13ClF4N2O4S/c17-9-2-1-3-11(6-9)28(25,26)23-5-4-22-15(24)14-12(18)7-10(8-13(14)19)27-16(20)21/h1-3,6-8,16,23H,4-5H2,(H,22,24). The largest absolute Gasteiger partial charge is 0.435 e. The van der Waals surface area contributed by atoms with Crippen molar-refractivity contribution in [2.75, 3.05) is 13.1 Å². The van der Waals surface area contributed by atoms with E-state index < -0.39 is 45.5 Å². The van der Waals surface area contributed by atoms with Crippen molar-refractivity contribution in [2.45, 2.75) is 11.5 Å². The van der Waals surface area contributed by atoms with E-state index in [0.717, 1.165) is 0 Å². The zero-order valence-electron chi connectivity index (χ0n) is 13.9. The molecule has 0 saturated carbocycles. The lowest BCUT2D eigenvalue weighted by molar-refractivity contribution is -0.0501. The first-order valence-electron chi connectivity index (χ1n) is 7.57. The predicted molar refractivity (Wildman–Crippen MR) is 92.0 cm³/mol. The quantitative estimate of drug-likeness (QED) is 0.488. The molecule has 0 saturated heterocycles. The van der Waals surface area contributed by atoms with Gasteiger partial charge in [-0.2, -0.15) is 8.78 Å². The first-order valence-corrected chi connectivity index (χ1v) is 9.43. The SMILES string of the molecule is O=C(NCCNS(=O)(=O)c1cccc(Cl)c1)c1c(F)cc(OC(F)F)cc1F. The van der Waals surface area contributed by atoms with E-state index in [-0.39, 0.29) is 23.0 Å². The molecule has 0 radical (unpaired) electrons. The summed E-state index contributed by atoms with van der Waals surface area (Å²) >= 11 is 5.72. The first-order chi connectivity index (χ1) is 13.1. The van der Waals surface area contributed by atoms with E-state index in [1.165, 1.54) is 24.3 Å². The second-order valence-corrected chi connectivity index (χ2v) is 7.45. The highest BCUT2D eigenvalue weighted by Crippen LogP contribution is 2.22. The van der Waals surface area contributed by atoms with Gasteiger partial charge in [-0.1, -0.05) is 17.7 Å². The molecule has 2 N–H and O–H groups in total. The van der Waals surface area contributed by atoms with E-state index in [0.29, 0.717) is 12.1 Å². The Morgan fingerprint density at radius 2 is 1.75 bits per heavy atom. The highest BCUT2D eigenvalue weighted by Gasteiger charge is 2.20. The van der Waals surface area contributed by atoms with Crippen LogP contribution in [0.4, 0.5) is 17.6 Å². The number of carbonyl (C=O) groups excluding carboxylic acids is 1. The Morgan fingerprint density at radius 3 is 2.32 bits per heavy atom. The van der Waals surface area contributed by atoms with Gasteiger partial charge in [0.25, 0.3) is 5.91 Å². The second kappa shape index (κ2) is 9.22. The summed E-state index contributed by atoms with van der Waals surface area (Å²) in [7, 11) is -3.90. The molecule has 0 bridgehead atoms. The average Bonchev–Trinajstić information content (AvgIpc) is 2.57. The molecule has 0 aromatic heterocycles. The van der Waals surface area contributed by atoms with Gasteiger partial charge < -0.3 is 10.1 Å². The van der Waals surface area contributed by atoms with Gasteiger partial charge in [0.1, 0.15) is 22.9 Å². The van der Waals surface area contributed by atoms with Crippen LogP contribution in [0.5, 0.6) is 5.75 Å². The molecule has 0 spiro atoms. The molecule has 0 unspecified atom stereocenters. The molecule has 6 nitrogen and oxygen atoms in total. The van der Waals surface area contributed by atoms with Crippen molar-refractivity contribution in [3.8, 4) is 5.75 Å². The van der Waals surface area contributed by atoms with E-state index in [1.54, 1.807) is 0 Å². The van der Waals surface area contributed by atoms with Crippen LogP contribution in [0.25, 0.3) is 0 Å². The Labute approximate surface area is 162 Å². The number of hydrogen-bond acceptors (Lipinski definition) is 4. The van der Waals surface area contributed by atoms with Crippen molar-refractivity contribution >= 4 is 27.5 Å². The first kappa shape index (κ1) is 21.9. The van der Waals surface area contributed by atoms with Gasteiger partial charge in [-0.15, -0.1) is 0 Å². The minimum absolute atomic E-state index is 0.0990. The lowest BCUT2D eigenvalue weighted by Crippen LogP contribution is -2.35. The van der Waals surface area contributed by atoms with Crippen LogP contribution in [0.2, 0.25) is 5.02 Å². The highest BCUT2D eigenvalue weighted by molar-refractivity contribution is 7.89. The molecule has 0 fully saturated rings. The summed E-state index contributed by atoms with van der Waals surface area (Å²) in [5.74, 6) is -4.79. The molecule has 2 aromatic carbocycles. The third-order valence-corrected chi connectivity index (χ3v) is 4.97. The van der Waals surface area contributed by atoms with Crippen LogP contribution in [0.15, 0.2) is 41.3 Å². The van der Waals surface area contributed by atoms with Crippen molar-refractivity contribution < 1.29 is 35.5 Å². The van der Waals surface area contributed by atoms with Crippen molar-refractivity contribution in [3.05, 3.63) is 58.6 Å². The molecular weight excluding hydrogens is 428 g/mol. The molecule has 28 heavy (non-hydrogen) atoms. The third kappa shape index (κ3) is 5.81. The van der Waals surface area contributed by atoms with Crippen LogP contribution in [-0.2, 0) is 10.0 Å². The van der Waals surface area contributed by atoms with Gasteiger partial charge in [0, 0.05) is 30.2 Å². The fraction of sp³-hybridized carbons (Fsp3) is 0.188. The third-order valence-electron chi connectivity index (χ3n) is 3.28. The van der Waals surface area contributed by atoms with E-state index >= 15 is 0 Å². The Kier molecular flexibility index (Phi) is 7.22. The molecule has 0 aliphatic carbocycles. The van der Waals surface area contributed by atoms with Crippen molar-refractivity contribution in [3.63, 3.8) is 0 Å². The Balaban J connectivity index is 1.96. The number of sulfonamides is 1. The molecule has 2 rings (SSSR count). The van der Waals surface area contributed by atoms with Crippen LogP contribution < -0.4 is 14.8 Å². The summed E-state index contributed by atoms with van der Waals surface area (Å²) in [6.07, 6.45) is 0. The van der Waals surface area contributed by atoms with Crippen LogP contribution >= 0.6 is 11.6 Å². The summed E-state index contributed by atoms with van der Waals surface area (Å²) in [4.78, 5) is 11.8. The Bertz CT molecular complexity index is 950. The van der Waals surface area contributed by atoms with E-state index in [2.05, 4.69) is 14.8 Å². The Morgan fingerprint density at radius 1 is 1.11 bits per heavy atom. The van der Waals surface area contributed by atoms with Crippen molar-refractivity contribution in [1.29, 1.82) is 0 Å². The van der Waals surface area contributed by atoms with Gasteiger partial charge in [0.05, 0.1) is 4.90 Å². The number of amides is 1. The number of nitrogens with one attached hydrogen (secondary N) is 2. The van der Waals surface area contributed by atoms with Crippen LogP contribution in [-0.4, -0.2) is 34.0 Å². The van der Waals surface area contributed by atoms with Gasteiger partial charge in [-0.3, -0.25) is 4.79 Å². The van der Waals surface area contributed by atoms with E-state index in [9.17, 15) is 30.8 Å². The lowest BCUT2D eigenvalue weighted by atomic mass is 10.1. The molecular formula is C16H13ClF4N2O4S.